The molecule has 1 aliphatic rings. The molecule has 0 saturated carbocycles. The summed E-state index contributed by atoms with van der Waals surface area (Å²) in [4.78, 5) is 24.1. The van der Waals surface area contributed by atoms with E-state index in [4.69, 9.17) is 4.74 Å². The summed E-state index contributed by atoms with van der Waals surface area (Å²) in [6, 6.07) is 0. The van der Waals surface area contributed by atoms with Crippen LogP contribution >= 0.6 is 0 Å². The molecule has 18 heavy (non-hydrogen) atoms. The number of nitrogens with zero attached hydrogens (tertiary/aromatic N) is 1. The van der Waals surface area contributed by atoms with Crippen molar-refractivity contribution < 1.29 is 23.1 Å². The van der Waals surface area contributed by atoms with Gasteiger partial charge in [-0.3, -0.25) is 9.59 Å². The lowest BCUT2D eigenvalue weighted by atomic mass is 10.0. The first kappa shape index (κ1) is 14.8. The SMILES string of the molecule is CC1CN(CCNC(=O)C(F)F)C(=O)C(C)(C)O1. The van der Waals surface area contributed by atoms with Crippen molar-refractivity contribution >= 4 is 11.8 Å². The van der Waals surface area contributed by atoms with Crippen molar-refractivity contribution in [1.29, 1.82) is 0 Å². The number of carbonyl (C=O) groups is 2. The molecule has 0 radical (unpaired) electrons. The maximum atomic E-state index is 11.9. The fourth-order valence-electron chi connectivity index (χ4n) is 1.95. The Hall–Kier alpha value is -1.24. The number of nitrogens with one attached hydrogen (secondary N) is 1. The summed E-state index contributed by atoms with van der Waals surface area (Å²) in [5.74, 6) is -1.52. The van der Waals surface area contributed by atoms with Gasteiger partial charge < -0.3 is 15.0 Å². The Kier molecular flexibility index (Phi) is 4.61. The topological polar surface area (TPSA) is 58.6 Å². The molecule has 1 aliphatic heterocycles. The first-order valence-electron chi connectivity index (χ1n) is 5.77. The third-order valence-electron chi connectivity index (χ3n) is 2.65. The molecule has 0 bridgehead atoms. The van der Waals surface area contributed by atoms with Gasteiger partial charge in [-0.25, -0.2) is 0 Å². The van der Waals surface area contributed by atoms with Crippen LogP contribution in [0.3, 0.4) is 0 Å². The molecule has 7 heteroatoms. The van der Waals surface area contributed by atoms with Crippen molar-refractivity contribution in [3.05, 3.63) is 0 Å². The van der Waals surface area contributed by atoms with E-state index in [0.29, 0.717) is 6.54 Å². The number of hydrogen-bond donors (Lipinski definition) is 1. The van der Waals surface area contributed by atoms with Crippen LogP contribution in [0.4, 0.5) is 8.78 Å². The van der Waals surface area contributed by atoms with Crippen molar-refractivity contribution in [2.45, 2.75) is 38.9 Å². The van der Waals surface area contributed by atoms with E-state index in [1.165, 1.54) is 4.90 Å². The highest BCUT2D eigenvalue weighted by Crippen LogP contribution is 2.21. The minimum atomic E-state index is -3.03. The lowest BCUT2D eigenvalue weighted by Gasteiger charge is -2.40. The second-order valence-corrected chi connectivity index (χ2v) is 4.78. The fourth-order valence-corrected chi connectivity index (χ4v) is 1.95. The summed E-state index contributed by atoms with van der Waals surface area (Å²) < 4.78 is 29.4. The Balaban J connectivity index is 2.46. The zero-order chi connectivity index (χ0) is 13.9. The van der Waals surface area contributed by atoms with Crippen LogP contribution < -0.4 is 5.32 Å². The molecule has 2 amide bonds. The van der Waals surface area contributed by atoms with Gasteiger partial charge in [0.1, 0.15) is 5.60 Å². The number of morpholine rings is 1. The van der Waals surface area contributed by atoms with E-state index in [2.05, 4.69) is 5.32 Å². The summed E-state index contributed by atoms with van der Waals surface area (Å²) in [7, 11) is 0. The monoisotopic (exact) mass is 264 g/mol. The fraction of sp³-hybridized carbons (Fsp3) is 0.818. The van der Waals surface area contributed by atoms with Crippen LogP contribution in [0.25, 0.3) is 0 Å². The summed E-state index contributed by atoms with van der Waals surface area (Å²) in [5, 5.41) is 2.07. The minimum absolute atomic E-state index is 0.0116. The number of halogens is 2. The van der Waals surface area contributed by atoms with Crippen LogP contribution in [0.5, 0.6) is 0 Å². The van der Waals surface area contributed by atoms with Gasteiger partial charge in [-0.2, -0.15) is 8.78 Å². The van der Waals surface area contributed by atoms with Gasteiger partial charge in [-0.15, -0.1) is 0 Å². The van der Waals surface area contributed by atoms with Crippen LogP contribution in [-0.2, 0) is 14.3 Å². The van der Waals surface area contributed by atoms with Crippen LogP contribution in [0.2, 0.25) is 0 Å². The highest BCUT2D eigenvalue weighted by atomic mass is 19.3. The van der Waals surface area contributed by atoms with Crippen molar-refractivity contribution in [1.82, 2.24) is 10.2 Å². The van der Waals surface area contributed by atoms with E-state index in [9.17, 15) is 18.4 Å². The number of carbonyl (C=O) groups excluding carboxylic acids is 2. The average molecular weight is 264 g/mol. The third kappa shape index (κ3) is 3.63. The molecule has 5 nitrogen and oxygen atoms in total. The van der Waals surface area contributed by atoms with Gasteiger partial charge in [0.05, 0.1) is 6.10 Å². The molecular weight excluding hydrogens is 246 g/mol. The predicted molar refractivity (Wildman–Crippen MR) is 60.2 cm³/mol. The number of amides is 2. The first-order chi connectivity index (χ1) is 8.24. The predicted octanol–water partition coefficient (Wildman–Crippen LogP) is 0.394. The molecule has 1 fully saturated rings. The van der Waals surface area contributed by atoms with Crippen molar-refractivity contribution in [3.63, 3.8) is 0 Å². The van der Waals surface area contributed by atoms with Crippen LogP contribution in [-0.4, -0.2) is 54.5 Å². The molecule has 0 aromatic rings. The van der Waals surface area contributed by atoms with Gasteiger partial charge in [-0.05, 0) is 20.8 Å². The first-order valence-corrected chi connectivity index (χ1v) is 5.77. The molecule has 1 heterocycles. The minimum Gasteiger partial charge on any atom is -0.361 e. The Bertz CT molecular complexity index is 334. The van der Waals surface area contributed by atoms with Gasteiger partial charge in [0.15, 0.2) is 0 Å². The average Bonchev–Trinajstić information content (AvgIpc) is 2.23. The van der Waals surface area contributed by atoms with E-state index in [-0.39, 0.29) is 25.1 Å². The molecule has 0 spiro atoms. The highest BCUT2D eigenvalue weighted by Gasteiger charge is 2.39. The molecule has 1 N–H and O–H groups in total. The van der Waals surface area contributed by atoms with Crippen molar-refractivity contribution in [2.24, 2.45) is 0 Å². The zero-order valence-corrected chi connectivity index (χ0v) is 10.7. The van der Waals surface area contributed by atoms with Gasteiger partial charge in [-0.1, -0.05) is 0 Å². The molecule has 0 aromatic heterocycles. The lowest BCUT2D eigenvalue weighted by molar-refractivity contribution is -0.177. The normalized spacial score (nSPS) is 23.3. The van der Waals surface area contributed by atoms with Gasteiger partial charge in [0.2, 0.25) is 0 Å². The van der Waals surface area contributed by atoms with Gasteiger partial charge in [0, 0.05) is 19.6 Å². The number of ether oxygens (including phenoxy) is 1. The van der Waals surface area contributed by atoms with Crippen molar-refractivity contribution in [2.75, 3.05) is 19.6 Å². The largest absolute Gasteiger partial charge is 0.361 e. The quantitative estimate of drug-likeness (QED) is 0.799. The van der Waals surface area contributed by atoms with E-state index in [0.717, 1.165) is 0 Å². The molecule has 1 saturated heterocycles. The van der Waals surface area contributed by atoms with Crippen LogP contribution in [0.15, 0.2) is 0 Å². The third-order valence-corrected chi connectivity index (χ3v) is 2.65. The highest BCUT2D eigenvalue weighted by molar-refractivity contribution is 5.85. The summed E-state index contributed by atoms with van der Waals surface area (Å²) in [5.41, 5.74) is -0.912. The molecule has 1 rings (SSSR count). The number of alkyl halides is 2. The standard InChI is InChI=1S/C11H18F2N2O3/c1-7-6-15(10(17)11(2,3)18-7)5-4-14-9(16)8(12)13/h7-8H,4-6H2,1-3H3,(H,14,16). The smallest absolute Gasteiger partial charge is 0.315 e. The Morgan fingerprint density at radius 1 is 1.61 bits per heavy atom. The molecular formula is C11H18F2N2O3. The van der Waals surface area contributed by atoms with E-state index in [1.54, 1.807) is 13.8 Å². The molecule has 0 aliphatic carbocycles. The summed E-state index contributed by atoms with van der Waals surface area (Å²) >= 11 is 0. The number of rotatable bonds is 4. The second kappa shape index (κ2) is 5.60. The van der Waals surface area contributed by atoms with Crippen LogP contribution in [0.1, 0.15) is 20.8 Å². The molecule has 1 unspecified atom stereocenters. The molecule has 104 valence electrons. The van der Waals surface area contributed by atoms with Gasteiger partial charge >= 0.3 is 6.43 Å². The van der Waals surface area contributed by atoms with E-state index < -0.39 is 17.9 Å². The maximum absolute atomic E-state index is 11.9. The molecule has 1 atom stereocenters. The lowest BCUT2D eigenvalue weighted by Crippen LogP contribution is -2.57. The van der Waals surface area contributed by atoms with Crippen molar-refractivity contribution in [3.8, 4) is 0 Å². The maximum Gasteiger partial charge on any atom is 0.315 e. The summed E-state index contributed by atoms with van der Waals surface area (Å²) in [6.07, 6.45) is -3.15. The Labute approximate surface area is 104 Å². The summed E-state index contributed by atoms with van der Waals surface area (Å²) in [6.45, 7) is 5.77. The van der Waals surface area contributed by atoms with E-state index in [1.807, 2.05) is 6.92 Å². The Morgan fingerprint density at radius 3 is 2.78 bits per heavy atom. The van der Waals surface area contributed by atoms with Crippen LogP contribution in [0, 0.1) is 0 Å². The Morgan fingerprint density at radius 2 is 2.22 bits per heavy atom. The van der Waals surface area contributed by atoms with E-state index >= 15 is 0 Å². The number of hydrogen-bond acceptors (Lipinski definition) is 3. The zero-order valence-electron chi connectivity index (χ0n) is 10.7. The second-order valence-electron chi connectivity index (χ2n) is 4.78. The molecule has 0 aromatic carbocycles. The van der Waals surface area contributed by atoms with Gasteiger partial charge in [0.25, 0.3) is 11.8 Å².